The van der Waals surface area contributed by atoms with Gasteiger partial charge in [-0.15, -0.1) is 0 Å². The molecule has 1 aromatic rings. The lowest BCUT2D eigenvalue weighted by Crippen LogP contribution is -2.46. The van der Waals surface area contributed by atoms with Gasteiger partial charge >= 0.3 is 0 Å². The van der Waals surface area contributed by atoms with Gasteiger partial charge in [0.05, 0.1) is 12.7 Å². The van der Waals surface area contributed by atoms with Crippen LogP contribution in [-0.2, 0) is 4.79 Å². The molecule has 2 aliphatic rings. The molecule has 0 N–H and O–H groups in total. The van der Waals surface area contributed by atoms with Crippen molar-refractivity contribution in [2.45, 2.75) is 31.3 Å². The Balaban J connectivity index is 1.54. The number of hydrogen-bond acceptors (Lipinski definition) is 3. The molecule has 0 aromatic carbocycles. The second-order valence-corrected chi connectivity index (χ2v) is 5.58. The fourth-order valence-electron chi connectivity index (χ4n) is 2.76. The Bertz CT molecular complexity index is 545. The Morgan fingerprint density at radius 2 is 2.19 bits per heavy atom. The normalized spacial score (nSPS) is 24.7. The fourth-order valence-corrected chi connectivity index (χ4v) is 2.76. The number of rotatable bonds is 3. The van der Waals surface area contributed by atoms with Gasteiger partial charge in [0.1, 0.15) is 6.10 Å². The molecule has 114 valence electrons. The van der Waals surface area contributed by atoms with E-state index < -0.39 is 17.7 Å². The van der Waals surface area contributed by atoms with Crippen LogP contribution in [-0.4, -0.2) is 40.9 Å². The molecule has 1 amide bonds. The summed E-state index contributed by atoms with van der Waals surface area (Å²) in [5.41, 5.74) is 0. The lowest BCUT2D eigenvalue weighted by atomic mass is 9.80. The van der Waals surface area contributed by atoms with Crippen LogP contribution in [0.5, 0.6) is 5.75 Å². The van der Waals surface area contributed by atoms with E-state index in [1.807, 2.05) is 0 Å². The van der Waals surface area contributed by atoms with Crippen LogP contribution >= 0.6 is 0 Å². The van der Waals surface area contributed by atoms with E-state index in [0.29, 0.717) is 19.5 Å². The number of pyridine rings is 1. The highest BCUT2D eigenvalue weighted by Gasteiger charge is 2.50. The molecule has 1 saturated heterocycles. The summed E-state index contributed by atoms with van der Waals surface area (Å²) in [5.74, 6) is -3.99. The van der Waals surface area contributed by atoms with E-state index in [4.69, 9.17) is 4.74 Å². The van der Waals surface area contributed by atoms with Crippen LogP contribution in [0.3, 0.4) is 0 Å². The highest BCUT2D eigenvalue weighted by atomic mass is 19.3. The number of aromatic nitrogens is 1. The molecule has 0 spiro atoms. The molecular weight excluding hydrogens is 285 g/mol. The van der Waals surface area contributed by atoms with Gasteiger partial charge in [-0.05, 0) is 0 Å². The van der Waals surface area contributed by atoms with Crippen molar-refractivity contribution in [3.63, 3.8) is 0 Å². The predicted octanol–water partition coefficient (Wildman–Crippen LogP) is 2.25. The monoisotopic (exact) mass is 300 g/mol. The minimum atomic E-state index is -2.70. The van der Waals surface area contributed by atoms with Crippen molar-refractivity contribution in [1.82, 2.24) is 9.88 Å². The van der Waals surface area contributed by atoms with E-state index in [9.17, 15) is 18.0 Å². The van der Waals surface area contributed by atoms with Crippen LogP contribution in [0.1, 0.15) is 19.3 Å². The molecule has 0 bridgehead atoms. The zero-order valence-electron chi connectivity index (χ0n) is 11.3. The lowest BCUT2D eigenvalue weighted by Gasteiger charge is -2.36. The van der Waals surface area contributed by atoms with Crippen molar-refractivity contribution < 1.29 is 22.7 Å². The topological polar surface area (TPSA) is 42.4 Å². The van der Waals surface area contributed by atoms with Gasteiger partial charge in [-0.25, -0.2) is 13.2 Å². The molecule has 1 aromatic heterocycles. The van der Waals surface area contributed by atoms with Gasteiger partial charge in [-0.1, -0.05) is 0 Å². The van der Waals surface area contributed by atoms with Gasteiger partial charge in [0.2, 0.25) is 11.8 Å². The highest BCUT2D eigenvalue weighted by Crippen LogP contribution is 2.43. The zero-order valence-corrected chi connectivity index (χ0v) is 11.3. The van der Waals surface area contributed by atoms with E-state index in [2.05, 4.69) is 4.98 Å². The van der Waals surface area contributed by atoms with Gasteiger partial charge < -0.3 is 9.64 Å². The minimum Gasteiger partial charge on any atom is -0.485 e. The van der Waals surface area contributed by atoms with Crippen molar-refractivity contribution in [3.05, 3.63) is 24.3 Å². The van der Waals surface area contributed by atoms with Gasteiger partial charge in [0.25, 0.3) is 0 Å². The molecule has 21 heavy (non-hydrogen) atoms. The third-order valence-corrected chi connectivity index (χ3v) is 3.92. The summed E-state index contributed by atoms with van der Waals surface area (Å²) in [7, 11) is 0. The molecule has 1 aliphatic heterocycles. The average molecular weight is 300 g/mol. The number of ether oxygens (including phenoxy) is 1. The maximum atomic E-state index is 13.4. The van der Waals surface area contributed by atoms with E-state index >= 15 is 0 Å². The summed E-state index contributed by atoms with van der Waals surface area (Å²) in [6.07, 6.45) is 2.00. The van der Waals surface area contributed by atoms with E-state index in [1.54, 1.807) is 0 Å². The Morgan fingerprint density at radius 3 is 2.86 bits per heavy atom. The smallest absolute Gasteiger partial charge is 0.249 e. The number of likely N-dealkylation sites (tertiary alicyclic amines) is 1. The molecule has 1 unspecified atom stereocenters. The predicted molar refractivity (Wildman–Crippen MR) is 67.5 cm³/mol. The van der Waals surface area contributed by atoms with Crippen molar-refractivity contribution in [2.24, 2.45) is 5.92 Å². The fraction of sp³-hybridized carbons (Fsp3) is 0.571. The molecule has 0 radical (unpaired) electrons. The Hall–Kier alpha value is -1.79. The number of halogens is 3. The number of carbonyl (C=O) groups excluding carboxylic acids is 1. The Morgan fingerprint density at radius 1 is 1.43 bits per heavy atom. The first-order valence-corrected chi connectivity index (χ1v) is 6.87. The van der Waals surface area contributed by atoms with Crippen LogP contribution in [0, 0.1) is 11.7 Å². The van der Waals surface area contributed by atoms with Gasteiger partial charge in [0, 0.05) is 44.0 Å². The highest BCUT2D eigenvalue weighted by molar-refractivity contribution is 5.80. The molecule has 4 nitrogen and oxygen atoms in total. The summed E-state index contributed by atoms with van der Waals surface area (Å²) in [5, 5.41) is 0. The molecule has 7 heteroatoms. The first-order chi connectivity index (χ1) is 9.94. The van der Waals surface area contributed by atoms with Gasteiger partial charge in [-0.2, -0.15) is 0 Å². The summed E-state index contributed by atoms with van der Waals surface area (Å²) >= 11 is 0. The standard InChI is InChI=1S/C14H15F3N2O2/c15-11-7-18-3-1-12(11)21-10-2-4-19(8-10)13(20)9-5-14(16,17)6-9/h1,3,7,9-10H,2,4-6,8H2. The average Bonchev–Trinajstić information content (AvgIpc) is 2.86. The molecular formula is C14H15F3N2O2. The lowest BCUT2D eigenvalue weighted by molar-refractivity contribution is -0.159. The van der Waals surface area contributed by atoms with Crippen molar-refractivity contribution in [2.75, 3.05) is 13.1 Å². The van der Waals surface area contributed by atoms with Gasteiger partial charge in [-0.3, -0.25) is 9.78 Å². The minimum absolute atomic E-state index is 0.0967. The molecule has 1 saturated carbocycles. The Labute approximate surface area is 119 Å². The molecule has 2 heterocycles. The second-order valence-electron chi connectivity index (χ2n) is 5.58. The number of amides is 1. The summed E-state index contributed by atoms with van der Waals surface area (Å²) in [6.45, 7) is 0.765. The van der Waals surface area contributed by atoms with Crippen LogP contribution in [0.4, 0.5) is 13.2 Å². The number of carbonyl (C=O) groups is 1. The van der Waals surface area contributed by atoms with Crippen molar-refractivity contribution in [1.29, 1.82) is 0 Å². The van der Waals surface area contributed by atoms with E-state index in [-0.39, 0.29) is 30.6 Å². The molecule has 2 fully saturated rings. The maximum Gasteiger partial charge on any atom is 0.249 e. The number of nitrogens with zero attached hydrogens (tertiary/aromatic N) is 2. The van der Waals surface area contributed by atoms with Crippen LogP contribution < -0.4 is 4.74 Å². The van der Waals surface area contributed by atoms with E-state index in [0.717, 1.165) is 6.20 Å². The summed E-state index contributed by atoms with van der Waals surface area (Å²) in [4.78, 5) is 17.2. The number of alkyl halides is 2. The van der Waals surface area contributed by atoms with Crippen molar-refractivity contribution >= 4 is 5.91 Å². The molecule has 1 atom stereocenters. The zero-order chi connectivity index (χ0) is 15.0. The second kappa shape index (κ2) is 5.20. The first-order valence-electron chi connectivity index (χ1n) is 6.87. The summed E-state index contributed by atoms with van der Waals surface area (Å²) in [6, 6.07) is 1.42. The molecule has 1 aliphatic carbocycles. The van der Waals surface area contributed by atoms with Crippen LogP contribution in [0.15, 0.2) is 18.5 Å². The van der Waals surface area contributed by atoms with Gasteiger partial charge in [0.15, 0.2) is 11.6 Å². The molecule has 3 rings (SSSR count). The van der Waals surface area contributed by atoms with E-state index in [1.165, 1.54) is 17.2 Å². The maximum absolute atomic E-state index is 13.4. The quantitative estimate of drug-likeness (QED) is 0.860. The third kappa shape index (κ3) is 2.96. The Kier molecular flexibility index (Phi) is 3.51. The number of hydrogen-bond donors (Lipinski definition) is 0. The summed E-state index contributed by atoms with van der Waals surface area (Å²) < 4.78 is 44.5. The van der Waals surface area contributed by atoms with Crippen LogP contribution in [0.2, 0.25) is 0 Å². The van der Waals surface area contributed by atoms with Crippen molar-refractivity contribution in [3.8, 4) is 5.75 Å². The van der Waals surface area contributed by atoms with Crippen LogP contribution in [0.25, 0.3) is 0 Å². The SMILES string of the molecule is O=C(C1CC(F)(F)C1)N1CCC(Oc2ccncc2F)C1. The third-order valence-electron chi connectivity index (χ3n) is 3.92. The largest absolute Gasteiger partial charge is 0.485 e. The first kappa shape index (κ1) is 14.2.